The molecule has 11 heteroatoms. The summed E-state index contributed by atoms with van der Waals surface area (Å²) in [6, 6.07) is 3.27. The normalized spacial score (nSPS) is 18.7. The summed E-state index contributed by atoms with van der Waals surface area (Å²) in [5.41, 5.74) is 1.53. The first-order valence-corrected chi connectivity index (χ1v) is 12.8. The van der Waals surface area contributed by atoms with Crippen molar-refractivity contribution in [2.75, 3.05) is 27.0 Å². The number of amides is 1. The van der Waals surface area contributed by atoms with E-state index >= 15 is 0 Å². The number of likely N-dealkylation sites (tertiary alicyclic amines) is 1. The summed E-state index contributed by atoms with van der Waals surface area (Å²) in [6.45, 7) is 6.09. The molecule has 1 N–H and O–H groups in total. The van der Waals surface area contributed by atoms with Gasteiger partial charge in [0.15, 0.2) is 6.79 Å². The predicted molar refractivity (Wildman–Crippen MR) is 132 cm³/mol. The van der Waals surface area contributed by atoms with E-state index < -0.39 is 29.5 Å². The number of piperidine rings is 1. The van der Waals surface area contributed by atoms with Gasteiger partial charge >= 0.3 is 12.3 Å². The lowest BCUT2D eigenvalue weighted by Gasteiger charge is -2.36. The van der Waals surface area contributed by atoms with Crippen LogP contribution in [0.5, 0.6) is 5.75 Å². The van der Waals surface area contributed by atoms with Gasteiger partial charge in [-0.15, -0.1) is 5.10 Å². The van der Waals surface area contributed by atoms with Crippen molar-refractivity contribution in [3.8, 4) is 17.0 Å². The van der Waals surface area contributed by atoms with Gasteiger partial charge in [0.25, 0.3) is 0 Å². The van der Waals surface area contributed by atoms with Crippen molar-refractivity contribution in [3.05, 3.63) is 40.6 Å². The number of nitrogens with zero attached hydrogens (tertiary/aromatic N) is 3. The molecule has 8 nitrogen and oxygen atoms in total. The average Bonchev–Trinajstić information content (AvgIpc) is 3.35. The number of aliphatic hydroxyl groups is 1. The number of carbonyl (C=O) groups is 1. The number of hydrogen-bond acceptors (Lipinski definition) is 7. The standard InChI is InChI=1S/C27H34F3N3O5/c1-26(2,3)38-25(35)33-12-6-7-16(14-33)24(34)23-19-9-5-8-18(19)22(31-32-23)20-11-10-17(27(28,29)30)13-21(20)37-15-36-4/h10-11,13,16,24,34H,5-9,12,14-15H2,1-4H3. The fraction of sp³-hybridized carbons (Fsp3) is 0.593. The van der Waals surface area contributed by atoms with Crippen molar-refractivity contribution < 1.29 is 37.3 Å². The highest BCUT2D eigenvalue weighted by molar-refractivity contribution is 5.72. The van der Waals surface area contributed by atoms with Crippen LogP contribution in [-0.2, 0) is 28.5 Å². The smallest absolute Gasteiger partial charge is 0.416 e. The number of aromatic nitrogens is 2. The van der Waals surface area contributed by atoms with Gasteiger partial charge in [-0.1, -0.05) is 0 Å². The van der Waals surface area contributed by atoms with E-state index in [0.717, 1.165) is 36.1 Å². The third-order valence-corrected chi connectivity index (χ3v) is 6.80. The van der Waals surface area contributed by atoms with Crippen molar-refractivity contribution in [2.45, 2.75) is 70.8 Å². The molecule has 1 aliphatic heterocycles. The summed E-state index contributed by atoms with van der Waals surface area (Å²) < 4.78 is 55.9. The lowest BCUT2D eigenvalue weighted by atomic mass is 9.88. The Kier molecular flexibility index (Phi) is 8.17. The van der Waals surface area contributed by atoms with E-state index in [1.165, 1.54) is 13.2 Å². The van der Waals surface area contributed by atoms with Crippen LogP contribution in [0.25, 0.3) is 11.3 Å². The van der Waals surface area contributed by atoms with Crippen molar-refractivity contribution in [1.29, 1.82) is 0 Å². The zero-order chi connectivity index (χ0) is 27.7. The number of aliphatic hydroxyl groups excluding tert-OH is 1. The Labute approximate surface area is 220 Å². The van der Waals surface area contributed by atoms with Crippen LogP contribution in [0.3, 0.4) is 0 Å². The maximum Gasteiger partial charge on any atom is 0.416 e. The molecule has 2 aromatic rings. The lowest BCUT2D eigenvalue weighted by Crippen LogP contribution is -2.44. The first-order valence-electron chi connectivity index (χ1n) is 12.8. The maximum atomic E-state index is 13.3. The number of benzene rings is 1. The van der Waals surface area contributed by atoms with E-state index in [9.17, 15) is 23.1 Å². The van der Waals surface area contributed by atoms with Crippen LogP contribution < -0.4 is 4.74 Å². The Bertz CT molecular complexity index is 1170. The molecule has 1 aromatic carbocycles. The zero-order valence-electron chi connectivity index (χ0n) is 22.1. The molecule has 0 saturated carbocycles. The van der Waals surface area contributed by atoms with Crippen molar-refractivity contribution in [2.24, 2.45) is 5.92 Å². The fourth-order valence-corrected chi connectivity index (χ4v) is 5.09. The highest BCUT2D eigenvalue weighted by atomic mass is 19.4. The average molecular weight is 538 g/mol. The highest BCUT2D eigenvalue weighted by Gasteiger charge is 2.36. The van der Waals surface area contributed by atoms with Crippen LogP contribution in [0.4, 0.5) is 18.0 Å². The number of carbonyl (C=O) groups excluding carboxylic acids is 1. The largest absolute Gasteiger partial charge is 0.467 e. The Balaban J connectivity index is 1.63. The van der Waals surface area contributed by atoms with Gasteiger partial charge in [0, 0.05) is 31.7 Å². The van der Waals surface area contributed by atoms with E-state index in [1.54, 1.807) is 4.90 Å². The first-order chi connectivity index (χ1) is 17.9. The molecule has 2 heterocycles. The Morgan fingerprint density at radius 1 is 1.16 bits per heavy atom. The molecule has 0 radical (unpaired) electrons. The Hall–Kier alpha value is -2.92. The zero-order valence-corrected chi connectivity index (χ0v) is 22.1. The van der Waals surface area contributed by atoms with Crippen molar-refractivity contribution in [3.63, 3.8) is 0 Å². The number of alkyl halides is 3. The third kappa shape index (κ3) is 6.20. The topological polar surface area (TPSA) is 94.0 Å². The van der Waals surface area contributed by atoms with Gasteiger partial charge in [-0.25, -0.2) is 4.79 Å². The number of hydrogen-bond donors (Lipinski definition) is 1. The Morgan fingerprint density at radius 3 is 2.58 bits per heavy atom. The van der Waals surface area contributed by atoms with E-state index in [2.05, 4.69) is 10.2 Å². The van der Waals surface area contributed by atoms with Gasteiger partial charge in [-0.05, 0) is 82.2 Å². The quantitative estimate of drug-likeness (QED) is 0.499. The molecule has 4 rings (SSSR count). The molecule has 208 valence electrons. The molecule has 1 fully saturated rings. The van der Waals surface area contributed by atoms with E-state index in [0.29, 0.717) is 49.3 Å². The van der Waals surface area contributed by atoms with Gasteiger partial charge in [-0.2, -0.15) is 18.3 Å². The highest BCUT2D eigenvalue weighted by Crippen LogP contribution is 2.42. The van der Waals surface area contributed by atoms with Crippen molar-refractivity contribution >= 4 is 6.09 Å². The molecule has 1 saturated heterocycles. The van der Waals surface area contributed by atoms with Gasteiger partial charge in [0.05, 0.1) is 11.3 Å². The van der Waals surface area contributed by atoms with Crippen LogP contribution >= 0.6 is 0 Å². The van der Waals surface area contributed by atoms with Gasteiger partial charge in [0.2, 0.25) is 0 Å². The second-order valence-corrected chi connectivity index (χ2v) is 10.8. The van der Waals surface area contributed by atoms with Gasteiger partial charge in [0.1, 0.15) is 23.1 Å². The van der Waals surface area contributed by atoms with E-state index in [1.807, 2.05) is 20.8 Å². The number of ether oxygens (including phenoxy) is 3. The molecular formula is C27H34F3N3O5. The number of halogens is 3. The predicted octanol–water partition coefficient (Wildman–Crippen LogP) is 5.31. The Morgan fingerprint density at radius 2 is 1.89 bits per heavy atom. The van der Waals surface area contributed by atoms with Crippen LogP contribution in [0.2, 0.25) is 0 Å². The second kappa shape index (κ2) is 11.1. The molecular weight excluding hydrogens is 503 g/mol. The summed E-state index contributed by atoms with van der Waals surface area (Å²) in [5, 5.41) is 20.1. The third-order valence-electron chi connectivity index (χ3n) is 6.80. The summed E-state index contributed by atoms with van der Waals surface area (Å²) in [4.78, 5) is 14.2. The van der Waals surface area contributed by atoms with Gasteiger partial charge < -0.3 is 24.2 Å². The van der Waals surface area contributed by atoms with Crippen LogP contribution in [0.1, 0.15) is 68.5 Å². The fourth-order valence-electron chi connectivity index (χ4n) is 5.09. The summed E-state index contributed by atoms with van der Waals surface area (Å²) in [5.74, 6) is -0.244. The van der Waals surface area contributed by atoms with Crippen LogP contribution in [-0.4, -0.2) is 58.9 Å². The second-order valence-electron chi connectivity index (χ2n) is 10.8. The molecule has 0 spiro atoms. The molecule has 2 unspecified atom stereocenters. The molecule has 2 atom stereocenters. The van der Waals surface area contributed by atoms with E-state index in [-0.39, 0.29) is 18.5 Å². The number of methoxy groups -OCH3 is 1. The summed E-state index contributed by atoms with van der Waals surface area (Å²) >= 11 is 0. The number of rotatable bonds is 6. The first kappa shape index (κ1) is 28.1. The monoisotopic (exact) mass is 537 g/mol. The summed E-state index contributed by atoms with van der Waals surface area (Å²) in [6.07, 6.45) is -2.32. The van der Waals surface area contributed by atoms with Gasteiger partial charge in [-0.3, -0.25) is 0 Å². The summed E-state index contributed by atoms with van der Waals surface area (Å²) in [7, 11) is 1.39. The SMILES string of the molecule is COCOc1cc(C(F)(F)F)ccc1-c1nnc(C(O)C2CCCN(C(=O)OC(C)(C)C)C2)c2c1CCC2. The molecule has 38 heavy (non-hydrogen) atoms. The minimum atomic E-state index is -4.53. The maximum absolute atomic E-state index is 13.3. The molecule has 1 aliphatic carbocycles. The molecule has 1 amide bonds. The molecule has 2 aliphatic rings. The molecule has 1 aromatic heterocycles. The lowest BCUT2D eigenvalue weighted by molar-refractivity contribution is -0.137. The van der Waals surface area contributed by atoms with Crippen molar-refractivity contribution in [1.82, 2.24) is 15.1 Å². The molecule has 0 bridgehead atoms. The number of fused-ring (bicyclic) bond motifs is 1. The minimum Gasteiger partial charge on any atom is -0.467 e. The van der Waals surface area contributed by atoms with Crippen LogP contribution in [0, 0.1) is 5.92 Å². The van der Waals surface area contributed by atoms with Crippen LogP contribution in [0.15, 0.2) is 18.2 Å². The minimum absolute atomic E-state index is 0.00124. The van der Waals surface area contributed by atoms with E-state index in [4.69, 9.17) is 14.2 Å².